The van der Waals surface area contributed by atoms with Gasteiger partial charge in [0.05, 0.1) is 6.61 Å². The van der Waals surface area contributed by atoms with Crippen LogP contribution in [-0.4, -0.2) is 42.4 Å². The first-order valence-electron chi connectivity index (χ1n) is 5.85. The Morgan fingerprint density at radius 2 is 1.25 bits per heavy atom. The molecular weight excluding hydrogens is 373 g/mol. The summed E-state index contributed by atoms with van der Waals surface area (Å²) in [5, 5.41) is 0. The SMILES string of the molecule is CC=C(C(=O)OCC)C(F)(F)C(F)(F)C(F)(F)C(F)(F)C(F)(F)F. The van der Waals surface area contributed by atoms with Gasteiger partial charge in [-0.15, -0.1) is 0 Å². The van der Waals surface area contributed by atoms with Crippen LogP contribution in [0, 0.1) is 0 Å². The van der Waals surface area contributed by atoms with E-state index in [1.807, 2.05) is 0 Å². The van der Waals surface area contributed by atoms with Crippen LogP contribution in [0.25, 0.3) is 0 Å². The van der Waals surface area contributed by atoms with Crippen molar-refractivity contribution >= 4 is 5.97 Å². The first-order chi connectivity index (χ1) is 10.4. The molecule has 0 rings (SSSR count). The van der Waals surface area contributed by atoms with Gasteiger partial charge in [0.2, 0.25) is 0 Å². The Bertz CT molecular complexity index is 505. The summed E-state index contributed by atoms with van der Waals surface area (Å²) in [6, 6.07) is 0. The van der Waals surface area contributed by atoms with E-state index >= 15 is 0 Å². The molecule has 142 valence electrons. The van der Waals surface area contributed by atoms with Crippen molar-refractivity contribution in [2.24, 2.45) is 0 Å². The lowest BCUT2D eigenvalue weighted by Crippen LogP contribution is -2.67. The van der Waals surface area contributed by atoms with Gasteiger partial charge in [-0.2, -0.15) is 48.3 Å². The molecule has 0 fully saturated rings. The van der Waals surface area contributed by atoms with Gasteiger partial charge in [0.15, 0.2) is 0 Å². The van der Waals surface area contributed by atoms with Gasteiger partial charge in [-0.3, -0.25) is 0 Å². The van der Waals surface area contributed by atoms with Crippen molar-refractivity contribution in [1.82, 2.24) is 0 Å². The Hall–Kier alpha value is -1.56. The molecule has 0 aliphatic rings. The third kappa shape index (κ3) is 3.16. The number of carbonyl (C=O) groups excluding carboxylic acids is 1. The van der Waals surface area contributed by atoms with E-state index in [-0.39, 0.29) is 6.08 Å². The van der Waals surface area contributed by atoms with E-state index in [0.29, 0.717) is 6.92 Å². The zero-order chi connectivity index (χ0) is 19.8. The van der Waals surface area contributed by atoms with Crippen LogP contribution in [0.2, 0.25) is 0 Å². The molecule has 0 aliphatic heterocycles. The standard InChI is InChI=1S/C11H9F11O2/c1-3-5(6(23)24-4-2)7(12,13)8(14,15)9(16,17)10(18,19)11(20,21)22/h3H,4H2,1-2H3. The minimum Gasteiger partial charge on any atom is -0.462 e. The number of hydrogen-bond acceptors (Lipinski definition) is 2. The lowest BCUT2D eigenvalue weighted by atomic mass is 9.93. The third-order valence-corrected chi connectivity index (χ3v) is 2.66. The summed E-state index contributed by atoms with van der Waals surface area (Å²) in [4.78, 5) is 11.1. The molecule has 13 heteroatoms. The summed E-state index contributed by atoms with van der Waals surface area (Å²) in [6.45, 7) is 0.789. The second kappa shape index (κ2) is 6.39. The molecule has 0 radical (unpaired) electrons. The Balaban J connectivity index is 6.24. The lowest BCUT2D eigenvalue weighted by molar-refractivity contribution is -0.417. The zero-order valence-electron chi connectivity index (χ0n) is 11.8. The van der Waals surface area contributed by atoms with Crippen LogP contribution in [0.1, 0.15) is 13.8 Å². The molecule has 2 nitrogen and oxygen atoms in total. The van der Waals surface area contributed by atoms with Gasteiger partial charge >= 0.3 is 35.8 Å². The molecule has 0 aromatic rings. The average Bonchev–Trinajstić information content (AvgIpc) is 2.37. The summed E-state index contributed by atoms with van der Waals surface area (Å²) in [5.74, 6) is -31.0. The maximum Gasteiger partial charge on any atom is 0.460 e. The van der Waals surface area contributed by atoms with Crippen molar-refractivity contribution < 1.29 is 57.8 Å². The van der Waals surface area contributed by atoms with Crippen molar-refractivity contribution in [2.45, 2.75) is 43.7 Å². The molecular formula is C11H9F11O2. The number of allylic oxidation sites excluding steroid dienone is 1. The van der Waals surface area contributed by atoms with Gasteiger partial charge in [0.1, 0.15) is 5.57 Å². The van der Waals surface area contributed by atoms with Gasteiger partial charge in [-0.05, 0) is 13.8 Å². The highest BCUT2D eigenvalue weighted by Gasteiger charge is 2.87. The van der Waals surface area contributed by atoms with Crippen molar-refractivity contribution in [1.29, 1.82) is 0 Å². The number of hydrogen-bond donors (Lipinski definition) is 0. The minimum absolute atomic E-state index is 0.159. The molecule has 0 saturated carbocycles. The molecule has 0 bridgehead atoms. The van der Waals surface area contributed by atoms with Crippen LogP contribution < -0.4 is 0 Å². The van der Waals surface area contributed by atoms with Gasteiger partial charge < -0.3 is 4.74 Å². The van der Waals surface area contributed by atoms with Crippen LogP contribution in [-0.2, 0) is 9.53 Å². The largest absolute Gasteiger partial charge is 0.462 e. The zero-order valence-corrected chi connectivity index (χ0v) is 11.8. The predicted octanol–water partition coefficient (Wildman–Crippen LogP) is 4.60. The average molecular weight is 382 g/mol. The second-order valence-corrected chi connectivity index (χ2v) is 4.22. The van der Waals surface area contributed by atoms with Crippen LogP contribution in [0.4, 0.5) is 48.3 Å². The maximum absolute atomic E-state index is 13.6. The molecule has 0 aromatic heterocycles. The van der Waals surface area contributed by atoms with Crippen LogP contribution in [0.3, 0.4) is 0 Å². The molecule has 0 aromatic carbocycles. The van der Waals surface area contributed by atoms with E-state index in [1.54, 1.807) is 0 Å². The fraction of sp³-hybridized carbons (Fsp3) is 0.727. The van der Waals surface area contributed by atoms with E-state index in [1.165, 1.54) is 0 Å². The molecule has 24 heavy (non-hydrogen) atoms. The van der Waals surface area contributed by atoms with Crippen LogP contribution >= 0.6 is 0 Å². The summed E-state index contributed by atoms with van der Waals surface area (Å²) < 4.78 is 145. The molecule has 0 atom stereocenters. The Kier molecular flexibility index (Phi) is 5.97. The van der Waals surface area contributed by atoms with Crippen LogP contribution in [0.5, 0.6) is 0 Å². The topological polar surface area (TPSA) is 26.3 Å². The Morgan fingerprint density at radius 3 is 1.54 bits per heavy atom. The monoisotopic (exact) mass is 382 g/mol. The van der Waals surface area contributed by atoms with Crippen molar-refractivity contribution in [2.75, 3.05) is 6.61 Å². The van der Waals surface area contributed by atoms with E-state index < -0.39 is 48.0 Å². The maximum atomic E-state index is 13.6. The van der Waals surface area contributed by atoms with Crippen LogP contribution in [0.15, 0.2) is 11.6 Å². The Labute approximate surface area is 127 Å². The third-order valence-electron chi connectivity index (χ3n) is 2.66. The predicted molar refractivity (Wildman–Crippen MR) is 56.2 cm³/mol. The highest BCUT2D eigenvalue weighted by Crippen LogP contribution is 2.58. The molecule has 0 spiro atoms. The summed E-state index contributed by atoms with van der Waals surface area (Å²) in [7, 11) is 0. The highest BCUT2D eigenvalue weighted by molar-refractivity contribution is 5.90. The summed E-state index contributed by atoms with van der Waals surface area (Å²) >= 11 is 0. The first kappa shape index (κ1) is 22.4. The fourth-order valence-electron chi connectivity index (χ4n) is 1.38. The number of esters is 1. The number of rotatable bonds is 6. The summed E-state index contributed by atoms with van der Waals surface area (Å²) in [6.07, 6.45) is -7.41. The molecule has 0 N–H and O–H groups in total. The van der Waals surface area contributed by atoms with Gasteiger partial charge in [0, 0.05) is 0 Å². The normalized spacial score (nSPS) is 15.5. The molecule has 0 saturated heterocycles. The minimum atomic E-state index is -7.57. The first-order valence-corrected chi connectivity index (χ1v) is 5.85. The number of carbonyl (C=O) groups is 1. The lowest BCUT2D eigenvalue weighted by Gasteiger charge is -2.37. The van der Waals surface area contributed by atoms with Crippen molar-refractivity contribution in [3.63, 3.8) is 0 Å². The number of ether oxygens (including phenoxy) is 1. The van der Waals surface area contributed by atoms with Gasteiger partial charge in [0.25, 0.3) is 0 Å². The van der Waals surface area contributed by atoms with E-state index in [2.05, 4.69) is 4.74 Å². The quantitative estimate of drug-likeness (QED) is 0.381. The second-order valence-electron chi connectivity index (χ2n) is 4.22. The molecule has 0 amide bonds. The van der Waals surface area contributed by atoms with E-state index in [9.17, 15) is 53.1 Å². The Morgan fingerprint density at radius 1 is 0.833 bits per heavy atom. The van der Waals surface area contributed by atoms with Crippen molar-refractivity contribution in [3.8, 4) is 0 Å². The molecule has 0 aliphatic carbocycles. The number of halogens is 11. The van der Waals surface area contributed by atoms with E-state index in [4.69, 9.17) is 0 Å². The smallest absolute Gasteiger partial charge is 0.460 e. The molecule has 0 heterocycles. The van der Waals surface area contributed by atoms with Gasteiger partial charge in [-0.25, -0.2) is 4.79 Å². The molecule has 0 unspecified atom stereocenters. The fourth-order valence-corrected chi connectivity index (χ4v) is 1.38. The highest BCUT2D eigenvalue weighted by atomic mass is 19.4. The van der Waals surface area contributed by atoms with E-state index in [0.717, 1.165) is 6.92 Å². The number of alkyl halides is 11. The summed E-state index contributed by atoms with van der Waals surface area (Å²) in [5.41, 5.74) is -2.49. The van der Waals surface area contributed by atoms with Crippen molar-refractivity contribution in [3.05, 3.63) is 11.6 Å². The van der Waals surface area contributed by atoms with Gasteiger partial charge in [-0.1, -0.05) is 6.08 Å².